The molecule has 1 amide bonds. The zero-order valence-corrected chi connectivity index (χ0v) is 10.2. The highest BCUT2D eigenvalue weighted by Crippen LogP contribution is 2.37. The van der Waals surface area contributed by atoms with Crippen LogP contribution in [-0.2, 0) is 4.74 Å². The molecule has 2 unspecified atom stereocenters. The van der Waals surface area contributed by atoms with E-state index in [4.69, 9.17) is 4.74 Å². The molecule has 0 spiro atoms. The first-order chi connectivity index (χ1) is 7.37. The quantitative estimate of drug-likeness (QED) is 0.639. The Morgan fingerprint density at radius 2 is 1.75 bits per heavy atom. The highest BCUT2D eigenvalue weighted by molar-refractivity contribution is 5.69. The first kappa shape index (κ1) is 11.7. The Morgan fingerprint density at radius 1 is 1.25 bits per heavy atom. The third kappa shape index (κ3) is 2.30. The van der Waals surface area contributed by atoms with E-state index in [0.717, 1.165) is 12.8 Å². The number of fused-ring (bicyclic) bond motifs is 2. The van der Waals surface area contributed by atoms with Crippen LogP contribution in [0.2, 0.25) is 0 Å². The lowest BCUT2D eigenvalue weighted by Crippen LogP contribution is -2.49. The van der Waals surface area contributed by atoms with Crippen molar-refractivity contribution in [3.8, 4) is 0 Å². The van der Waals surface area contributed by atoms with Crippen LogP contribution in [0.5, 0.6) is 0 Å². The molecule has 2 aliphatic rings. The van der Waals surface area contributed by atoms with Gasteiger partial charge in [-0.05, 0) is 46.5 Å². The molecule has 2 aliphatic heterocycles. The van der Waals surface area contributed by atoms with E-state index in [1.54, 1.807) is 4.90 Å². The second-order valence-electron chi connectivity index (χ2n) is 5.84. The standard InChI is InChI=1S/C12H20FNO2/c1-12(2,3)16-11(15)14-9-4-5-10(14)7-8(13)6-9/h8-10H,4-7H2,1-3H3/t8?,9-,10?/m0/s1. The number of nitrogens with zero attached hydrogens (tertiary/aromatic N) is 1. The summed E-state index contributed by atoms with van der Waals surface area (Å²) in [7, 11) is 0. The van der Waals surface area contributed by atoms with E-state index < -0.39 is 11.8 Å². The summed E-state index contributed by atoms with van der Waals surface area (Å²) in [5.41, 5.74) is -0.469. The van der Waals surface area contributed by atoms with E-state index in [-0.39, 0.29) is 18.2 Å². The van der Waals surface area contributed by atoms with E-state index in [1.165, 1.54) is 0 Å². The lowest BCUT2D eigenvalue weighted by molar-refractivity contribution is -0.000483. The molecule has 0 aliphatic carbocycles. The highest BCUT2D eigenvalue weighted by Gasteiger charge is 2.44. The third-order valence-electron chi connectivity index (χ3n) is 3.28. The molecule has 4 heteroatoms. The lowest BCUT2D eigenvalue weighted by atomic mass is 10.0. The average molecular weight is 229 g/mol. The molecule has 0 N–H and O–H groups in total. The molecule has 0 aromatic rings. The van der Waals surface area contributed by atoms with Crippen molar-refractivity contribution in [2.75, 3.05) is 0 Å². The van der Waals surface area contributed by atoms with Crippen molar-refractivity contribution in [1.29, 1.82) is 0 Å². The van der Waals surface area contributed by atoms with Gasteiger partial charge in [0.1, 0.15) is 11.8 Å². The Kier molecular flexibility index (Phi) is 2.84. The molecule has 3 atom stereocenters. The second kappa shape index (κ2) is 3.90. The van der Waals surface area contributed by atoms with Gasteiger partial charge in [-0.1, -0.05) is 0 Å². The maximum absolute atomic E-state index is 13.3. The minimum absolute atomic E-state index is 0.0589. The van der Waals surface area contributed by atoms with E-state index in [9.17, 15) is 9.18 Å². The van der Waals surface area contributed by atoms with E-state index >= 15 is 0 Å². The predicted molar refractivity (Wildman–Crippen MR) is 59.0 cm³/mol. The minimum atomic E-state index is -0.740. The molecule has 2 saturated heterocycles. The SMILES string of the molecule is CC(C)(C)OC(=O)N1C2CC[C@H]1CC(F)C2. The van der Waals surface area contributed by atoms with Gasteiger partial charge >= 0.3 is 6.09 Å². The molecular formula is C12H20FNO2. The molecule has 0 radical (unpaired) electrons. The first-order valence-electron chi connectivity index (χ1n) is 6.02. The number of halogens is 1. The Morgan fingerprint density at radius 3 is 2.19 bits per heavy atom. The summed E-state index contributed by atoms with van der Waals surface area (Å²) in [5.74, 6) is 0. The van der Waals surface area contributed by atoms with Gasteiger partial charge in [-0.25, -0.2) is 9.18 Å². The van der Waals surface area contributed by atoms with Crippen LogP contribution in [0.1, 0.15) is 46.5 Å². The van der Waals surface area contributed by atoms with Crippen LogP contribution in [0.3, 0.4) is 0 Å². The van der Waals surface area contributed by atoms with Gasteiger partial charge in [-0.15, -0.1) is 0 Å². The van der Waals surface area contributed by atoms with Gasteiger partial charge in [0, 0.05) is 12.1 Å². The van der Waals surface area contributed by atoms with Crippen LogP contribution in [0, 0.1) is 0 Å². The van der Waals surface area contributed by atoms with Crippen LogP contribution in [-0.4, -0.2) is 34.8 Å². The van der Waals surface area contributed by atoms with Crippen molar-refractivity contribution in [3.63, 3.8) is 0 Å². The number of piperidine rings is 1. The second-order valence-corrected chi connectivity index (χ2v) is 5.84. The third-order valence-corrected chi connectivity index (χ3v) is 3.28. The van der Waals surface area contributed by atoms with Crippen LogP contribution in [0.4, 0.5) is 9.18 Å². The Bertz CT molecular complexity index is 273. The van der Waals surface area contributed by atoms with Gasteiger partial charge in [0.25, 0.3) is 0 Å². The Labute approximate surface area is 95.9 Å². The summed E-state index contributed by atoms with van der Waals surface area (Å²) < 4.78 is 18.7. The number of alkyl halides is 1. The number of rotatable bonds is 0. The number of hydrogen-bond acceptors (Lipinski definition) is 2. The van der Waals surface area contributed by atoms with Gasteiger partial charge in [-0.2, -0.15) is 0 Å². The lowest BCUT2D eigenvalue weighted by Gasteiger charge is -2.37. The zero-order valence-electron chi connectivity index (χ0n) is 10.2. The molecule has 2 fully saturated rings. The zero-order chi connectivity index (χ0) is 11.9. The van der Waals surface area contributed by atoms with Gasteiger partial charge in [-0.3, -0.25) is 0 Å². The van der Waals surface area contributed by atoms with Crippen LogP contribution in [0.25, 0.3) is 0 Å². The number of ether oxygens (including phenoxy) is 1. The van der Waals surface area contributed by atoms with Crippen molar-refractivity contribution in [3.05, 3.63) is 0 Å². The maximum Gasteiger partial charge on any atom is 0.410 e. The number of hydrogen-bond donors (Lipinski definition) is 0. The molecule has 0 aromatic heterocycles. The monoisotopic (exact) mass is 229 g/mol. The summed E-state index contributed by atoms with van der Waals surface area (Å²) in [6, 6.07) is 0.118. The van der Waals surface area contributed by atoms with Gasteiger partial charge in [0.15, 0.2) is 0 Å². The van der Waals surface area contributed by atoms with E-state index in [2.05, 4.69) is 0 Å². The highest BCUT2D eigenvalue weighted by atomic mass is 19.1. The number of amides is 1. The molecular weight excluding hydrogens is 209 g/mol. The Balaban J connectivity index is 2.03. The largest absolute Gasteiger partial charge is 0.444 e. The minimum Gasteiger partial charge on any atom is -0.444 e. The number of carbonyl (C=O) groups excluding carboxylic acids is 1. The molecule has 92 valence electrons. The van der Waals surface area contributed by atoms with Gasteiger partial charge < -0.3 is 9.64 Å². The summed E-state index contributed by atoms with van der Waals surface area (Å²) in [5, 5.41) is 0. The van der Waals surface area contributed by atoms with Crippen molar-refractivity contribution >= 4 is 6.09 Å². The Hall–Kier alpha value is -0.800. The van der Waals surface area contributed by atoms with Crippen molar-refractivity contribution in [2.45, 2.75) is 70.3 Å². The smallest absolute Gasteiger partial charge is 0.410 e. The summed E-state index contributed by atoms with van der Waals surface area (Å²) >= 11 is 0. The van der Waals surface area contributed by atoms with E-state index in [0.29, 0.717) is 12.8 Å². The molecule has 2 bridgehead atoms. The van der Waals surface area contributed by atoms with Gasteiger partial charge in [0.05, 0.1) is 0 Å². The summed E-state index contributed by atoms with van der Waals surface area (Å²) in [6.07, 6.45) is 1.79. The van der Waals surface area contributed by atoms with Crippen molar-refractivity contribution < 1.29 is 13.9 Å². The molecule has 0 aromatic carbocycles. The van der Waals surface area contributed by atoms with Crippen molar-refractivity contribution in [2.24, 2.45) is 0 Å². The summed E-state index contributed by atoms with van der Waals surface area (Å²) in [4.78, 5) is 13.7. The molecule has 16 heavy (non-hydrogen) atoms. The number of carbonyl (C=O) groups is 1. The normalized spacial score (nSPS) is 34.0. The molecule has 0 saturated carbocycles. The molecule has 2 heterocycles. The molecule has 3 nitrogen and oxygen atoms in total. The topological polar surface area (TPSA) is 29.5 Å². The maximum atomic E-state index is 13.3. The van der Waals surface area contributed by atoms with Crippen LogP contribution in [0.15, 0.2) is 0 Å². The fraction of sp³-hybridized carbons (Fsp3) is 0.917. The predicted octanol–water partition coefficient (Wildman–Crippen LogP) is 2.89. The van der Waals surface area contributed by atoms with Crippen LogP contribution >= 0.6 is 0 Å². The fourth-order valence-corrected chi connectivity index (χ4v) is 2.72. The average Bonchev–Trinajstić information content (AvgIpc) is 2.36. The molecule has 2 rings (SSSR count). The van der Waals surface area contributed by atoms with Gasteiger partial charge in [0.2, 0.25) is 0 Å². The first-order valence-corrected chi connectivity index (χ1v) is 6.02. The summed E-state index contributed by atoms with van der Waals surface area (Å²) in [6.45, 7) is 5.57. The van der Waals surface area contributed by atoms with Crippen LogP contribution < -0.4 is 0 Å². The fourth-order valence-electron chi connectivity index (χ4n) is 2.72. The van der Waals surface area contributed by atoms with E-state index in [1.807, 2.05) is 20.8 Å². The van der Waals surface area contributed by atoms with Crippen molar-refractivity contribution in [1.82, 2.24) is 4.90 Å².